The first kappa shape index (κ1) is 33.7. The summed E-state index contributed by atoms with van der Waals surface area (Å²) in [6.07, 6.45) is 0.795. The molecule has 0 aromatic heterocycles. The second kappa shape index (κ2) is 14.8. The van der Waals surface area contributed by atoms with E-state index in [0.29, 0.717) is 17.1 Å². The molecule has 0 fully saturated rings. The molecule has 0 heterocycles. The number of amides is 2. The predicted molar refractivity (Wildman–Crippen MR) is 181 cm³/mol. The maximum Gasteiger partial charge on any atom is 0.264 e. The van der Waals surface area contributed by atoms with Crippen molar-refractivity contribution in [2.75, 3.05) is 10.8 Å². The van der Waals surface area contributed by atoms with E-state index in [-0.39, 0.29) is 23.8 Å². The number of para-hydroxylation sites is 1. The first-order chi connectivity index (χ1) is 21.4. The number of hydrogen-bond acceptors (Lipinski definition) is 4. The second-order valence-electron chi connectivity index (χ2n) is 11.9. The molecule has 0 aliphatic rings. The number of nitrogens with zero attached hydrogens (tertiary/aromatic N) is 2. The van der Waals surface area contributed by atoms with Crippen LogP contribution < -0.4 is 9.62 Å². The predicted octanol–water partition coefficient (Wildman–Crippen LogP) is 6.65. The lowest BCUT2D eigenvalue weighted by atomic mass is 10.0. The van der Waals surface area contributed by atoms with Crippen molar-refractivity contribution in [1.29, 1.82) is 0 Å². The van der Waals surface area contributed by atoms with Gasteiger partial charge in [-0.2, -0.15) is 0 Å². The molecule has 0 saturated heterocycles. The van der Waals surface area contributed by atoms with Gasteiger partial charge in [0.25, 0.3) is 10.0 Å². The van der Waals surface area contributed by atoms with Crippen LogP contribution in [0.1, 0.15) is 44.4 Å². The van der Waals surface area contributed by atoms with E-state index in [9.17, 15) is 18.0 Å². The van der Waals surface area contributed by atoms with Crippen LogP contribution in [0.4, 0.5) is 5.69 Å². The van der Waals surface area contributed by atoms with Crippen LogP contribution in [-0.2, 0) is 39.0 Å². The number of halogens is 1. The highest BCUT2D eigenvalue weighted by Gasteiger charge is 2.36. The Hall–Kier alpha value is -4.14. The fraction of sp³-hybridized carbons (Fsp3) is 0.278. The standard InChI is InChI=1S/C36H40ClN3O4S/c1-5-29-16-12-13-19-32(29)40(45(43,44)31-17-10-7-11-18-31)26-34(41)39(25-28-20-22-30(37)23-21-28)33(35(42)38-36(2,3)4)24-27-14-8-6-9-15-27/h6-23,33H,5,24-26H2,1-4H3,(H,38,42). The highest BCUT2D eigenvalue weighted by atomic mass is 35.5. The van der Waals surface area contributed by atoms with Gasteiger partial charge in [-0.3, -0.25) is 13.9 Å². The number of carbonyl (C=O) groups excluding carboxylic acids is 2. The monoisotopic (exact) mass is 645 g/mol. The zero-order valence-electron chi connectivity index (χ0n) is 26.1. The molecule has 9 heteroatoms. The van der Waals surface area contributed by atoms with Gasteiger partial charge in [0.1, 0.15) is 12.6 Å². The van der Waals surface area contributed by atoms with E-state index in [1.807, 2.05) is 70.2 Å². The van der Waals surface area contributed by atoms with Gasteiger partial charge in [0.05, 0.1) is 10.6 Å². The van der Waals surface area contributed by atoms with Crippen molar-refractivity contribution in [3.63, 3.8) is 0 Å². The molecule has 0 saturated carbocycles. The average Bonchev–Trinajstić information content (AvgIpc) is 3.02. The quantitative estimate of drug-likeness (QED) is 0.187. The van der Waals surface area contributed by atoms with Crippen molar-refractivity contribution in [2.45, 2.75) is 63.6 Å². The van der Waals surface area contributed by atoms with Crippen LogP contribution >= 0.6 is 11.6 Å². The van der Waals surface area contributed by atoms with Crippen LogP contribution in [0.5, 0.6) is 0 Å². The lowest BCUT2D eigenvalue weighted by molar-refractivity contribution is -0.140. The van der Waals surface area contributed by atoms with Crippen molar-refractivity contribution in [3.8, 4) is 0 Å². The zero-order chi connectivity index (χ0) is 32.6. The summed E-state index contributed by atoms with van der Waals surface area (Å²) in [5.41, 5.74) is 2.25. The van der Waals surface area contributed by atoms with Crippen LogP contribution in [0.25, 0.3) is 0 Å². The number of hydrogen-bond donors (Lipinski definition) is 1. The van der Waals surface area contributed by atoms with Gasteiger partial charge in [-0.1, -0.05) is 97.4 Å². The molecule has 7 nitrogen and oxygen atoms in total. The van der Waals surface area contributed by atoms with Gasteiger partial charge < -0.3 is 10.2 Å². The Morgan fingerprint density at radius 2 is 1.38 bits per heavy atom. The summed E-state index contributed by atoms with van der Waals surface area (Å²) in [7, 11) is -4.16. The summed E-state index contributed by atoms with van der Waals surface area (Å²) >= 11 is 6.16. The Kier molecular flexibility index (Phi) is 11.1. The number of sulfonamides is 1. The molecule has 1 N–H and O–H groups in total. The number of benzene rings is 4. The van der Waals surface area contributed by atoms with Gasteiger partial charge >= 0.3 is 0 Å². The summed E-state index contributed by atoms with van der Waals surface area (Å²) in [6, 6.07) is 30.8. The Bertz CT molecular complexity index is 1690. The van der Waals surface area contributed by atoms with Gasteiger partial charge in [-0.05, 0) is 74.2 Å². The number of nitrogens with one attached hydrogen (secondary N) is 1. The first-order valence-electron chi connectivity index (χ1n) is 14.9. The summed E-state index contributed by atoms with van der Waals surface area (Å²) in [5, 5.41) is 3.58. The highest BCUT2D eigenvalue weighted by Crippen LogP contribution is 2.28. The molecule has 0 spiro atoms. The van der Waals surface area contributed by atoms with E-state index < -0.39 is 34.1 Å². The van der Waals surface area contributed by atoms with Gasteiger partial charge in [0, 0.05) is 23.5 Å². The van der Waals surface area contributed by atoms with Crippen LogP contribution in [0, 0.1) is 0 Å². The Balaban J connectivity index is 1.83. The maximum atomic E-state index is 14.6. The molecule has 4 aromatic carbocycles. The Morgan fingerprint density at radius 1 is 0.800 bits per heavy atom. The number of carbonyl (C=O) groups is 2. The fourth-order valence-corrected chi connectivity index (χ4v) is 6.68. The topological polar surface area (TPSA) is 86.8 Å². The molecule has 45 heavy (non-hydrogen) atoms. The van der Waals surface area contributed by atoms with Gasteiger partial charge in [0.15, 0.2) is 0 Å². The minimum atomic E-state index is -4.16. The van der Waals surface area contributed by atoms with Crippen molar-refractivity contribution in [2.24, 2.45) is 0 Å². The van der Waals surface area contributed by atoms with Gasteiger partial charge in [0.2, 0.25) is 11.8 Å². The Morgan fingerprint density at radius 3 is 1.98 bits per heavy atom. The second-order valence-corrected chi connectivity index (χ2v) is 14.2. The van der Waals surface area contributed by atoms with Crippen LogP contribution in [0.2, 0.25) is 5.02 Å². The molecule has 2 amide bonds. The van der Waals surface area contributed by atoms with E-state index >= 15 is 0 Å². The molecule has 0 radical (unpaired) electrons. The molecule has 1 unspecified atom stereocenters. The molecule has 0 bridgehead atoms. The van der Waals surface area contributed by atoms with Crippen molar-refractivity contribution in [1.82, 2.24) is 10.2 Å². The number of aryl methyl sites for hydroxylation is 1. The van der Waals surface area contributed by atoms with Crippen molar-refractivity contribution < 1.29 is 18.0 Å². The number of anilines is 1. The summed E-state index contributed by atoms with van der Waals surface area (Å²) in [5.74, 6) is -0.847. The normalized spacial score (nSPS) is 12.3. The van der Waals surface area contributed by atoms with Crippen LogP contribution in [-0.4, -0.2) is 43.3 Å². The number of rotatable bonds is 12. The van der Waals surface area contributed by atoms with Crippen LogP contribution in [0.3, 0.4) is 0 Å². The lowest BCUT2D eigenvalue weighted by Crippen LogP contribution is -2.56. The lowest BCUT2D eigenvalue weighted by Gasteiger charge is -2.35. The SMILES string of the molecule is CCc1ccccc1N(CC(=O)N(Cc1ccc(Cl)cc1)C(Cc1ccccc1)C(=O)NC(C)(C)C)S(=O)(=O)c1ccccc1. The smallest absolute Gasteiger partial charge is 0.264 e. The molecular formula is C36H40ClN3O4S. The van der Waals surface area contributed by atoms with Crippen molar-refractivity contribution in [3.05, 3.63) is 131 Å². The van der Waals surface area contributed by atoms with Gasteiger partial charge in [-0.15, -0.1) is 0 Å². The van der Waals surface area contributed by atoms with Crippen LogP contribution in [0.15, 0.2) is 114 Å². The van der Waals surface area contributed by atoms with E-state index in [4.69, 9.17) is 11.6 Å². The third kappa shape index (κ3) is 8.96. The first-order valence-corrected chi connectivity index (χ1v) is 16.8. The largest absolute Gasteiger partial charge is 0.350 e. The summed E-state index contributed by atoms with van der Waals surface area (Å²) in [6.45, 7) is 7.15. The molecular weight excluding hydrogens is 606 g/mol. The minimum Gasteiger partial charge on any atom is -0.350 e. The molecule has 4 aromatic rings. The van der Waals surface area contributed by atoms with E-state index in [1.54, 1.807) is 54.6 Å². The van der Waals surface area contributed by atoms with Gasteiger partial charge in [-0.25, -0.2) is 8.42 Å². The fourth-order valence-electron chi connectivity index (χ4n) is 5.08. The van der Waals surface area contributed by atoms with Crippen molar-refractivity contribution >= 4 is 39.1 Å². The van der Waals surface area contributed by atoms with E-state index in [1.165, 1.54) is 21.3 Å². The molecule has 1 atom stereocenters. The third-order valence-corrected chi connectivity index (χ3v) is 9.31. The molecule has 0 aliphatic heterocycles. The van der Waals surface area contributed by atoms with E-state index in [2.05, 4.69) is 5.32 Å². The summed E-state index contributed by atoms with van der Waals surface area (Å²) < 4.78 is 29.6. The maximum absolute atomic E-state index is 14.6. The molecule has 4 rings (SSSR count). The van der Waals surface area contributed by atoms with E-state index in [0.717, 1.165) is 16.7 Å². The highest BCUT2D eigenvalue weighted by molar-refractivity contribution is 7.92. The zero-order valence-corrected chi connectivity index (χ0v) is 27.7. The third-order valence-electron chi connectivity index (χ3n) is 7.29. The molecule has 236 valence electrons. The molecule has 0 aliphatic carbocycles. The minimum absolute atomic E-state index is 0.0688. The summed E-state index contributed by atoms with van der Waals surface area (Å²) in [4.78, 5) is 30.1. The average molecular weight is 646 g/mol. The Labute approximate surface area is 271 Å².